The normalized spacial score (nSPS) is 15.0. The number of benzene rings is 3. The van der Waals surface area contributed by atoms with Crippen LogP contribution in [-0.4, -0.2) is 24.2 Å². The topological polar surface area (TPSA) is 58.6 Å². The van der Waals surface area contributed by atoms with Crippen LogP contribution < -0.4 is 10.1 Å². The molecule has 4 nitrogen and oxygen atoms in total. The molecule has 0 saturated heterocycles. The molecule has 0 aliphatic heterocycles. The molecule has 1 unspecified atom stereocenters. The molecule has 0 bridgehead atoms. The largest absolute Gasteiger partial charge is 0.494 e. The number of carbonyl (C=O) groups is 1. The fourth-order valence-electron chi connectivity index (χ4n) is 4.95. The minimum absolute atomic E-state index is 0.306. The molecule has 4 heteroatoms. The molecule has 0 aromatic heterocycles. The van der Waals surface area contributed by atoms with Gasteiger partial charge in [-0.3, -0.25) is 0 Å². The van der Waals surface area contributed by atoms with E-state index in [4.69, 9.17) is 9.84 Å². The Balaban J connectivity index is 0.000000223. The molecule has 0 spiro atoms. The second-order valence-corrected chi connectivity index (χ2v) is 12.9. The number of anilines is 1. The van der Waals surface area contributed by atoms with E-state index in [2.05, 4.69) is 71.1 Å². The summed E-state index contributed by atoms with van der Waals surface area (Å²) in [6, 6.07) is 21.7. The van der Waals surface area contributed by atoms with Gasteiger partial charge in [-0.2, -0.15) is 0 Å². The van der Waals surface area contributed by atoms with Crippen molar-refractivity contribution in [1.82, 2.24) is 0 Å². The van der Waals surface area contributed by atoms with Gasteiger partial charge < -0.3 is 15.2 Å². The Morgan fingerprint density at radius 3 is 2.26 bits per heavy atom. The van der Waals surface area contributed by atoms with E-state index >= 15 is 0 Å². The van der Waals surface area contributed by atoms with Crippen LogP contribution in [0.4, 0.5) is 5.69 Å². The predicted molar refractivity (Wildman–Crippen MR) is 164 cm³/mol. The molecule has 0 radical (unpaired) electrons. The average molecular weight is 530 g/mol. The van der Waals surface area contributed by atoms with Gasteiger partial charge in [-0.25, -0.2) is 4.79 Å². The van der Waals surface area contributed by atoms with Gasteiger partial charge in [0.05, 0.1) is 12.2 Å². The van der Waals surface area contributed by atoms with Crippen molar-refractivity contribution in [1.29, 1.82) is 0 Å². The number of ether oxygens (including phenoxy) is 1. The van der Waals surface area contributed by atoms with Gasteiger partial charge in [-0.15, -0.1) is 0 Å². The standard InChI is InChI=1S/C19H23NO2.C16H24O/c1-19(2,3)10-11-20-17-9-5-7-15(13-17)14-6-4-8-16(12-14)18(21)22;1-5-17-15-9-7-12-6-8-14(16(2,3)4)10-13(12)11-15/h4-9,12-13,20H,10-11H2,1-3H3,(H,21,22);7,9,11,14H,5-6,8,10H2,1-4H3. The van der Waals surface area contributed by atoms with Gasteiger partial charge in [-0.05, 0) is 108 Å². The van der Waals surface area contributed by atoms with Gasteiger partial charge in [0.1, 0.15) is 5.75 Å². The quantitative estimate of drug-likeness (QED) is 0.320. The summed E-state index contributed by atoms with van der Waals surface area (Å²) in [7, 11) is 0. The van der Waals surface area contributed by atoms with Crippen LogP contribution in [-0.2, 0) is 12.8 Å². The van der Waals surface area contributed by atoms with E-state index in [1.807, 2.05) is 31.2 Å². The summed E-state index contributed by atoms with van der Waals surface area (Å²) in [6.07, 6.45) is 4.85. The zero-order chi connectivity index (χ0) is 28.6. The number of hydrogen-bond donors (Lipinski definition) is 2. The third-order valence-corrected chi connectivity index (χ3v) is 7.45. The van der Waals surface area contributed by atoms with Crippen LogP contribution >= 0.6 is 0 Å². The van der Waals surface area contributed by atoms with Crippen molar-refractivity contribution >= 4 is 11.7 Å². The van der Waals surface area contributed by atoms with Gasteiger partial charge >= 0.3 is 5.97 Å². The first kappa shape index (κ1) is 30.3. The molecule has 0 heterocycles. The number of carboxylic acids is 1. The third-order valence-electron chi connectivity index (χ3n) is 7.45. The van der Waals surface area contributed by atoms with Crippen molar-refractivity contribution in [3.63, 3.8) is 0 Å². The first-order chi connectivity index (χ1) is 18.4. The Labute approximate surface area is 235 Å². The highest BCUT2D eigenvalue weighted by Crippen LogP contribution is 2.38. The van der Waals surface area contributed by atoms with Crippen molar-refractivity contribution in [3.8, 4) is 16.9 Å². The third kappa shape index (κ3) is 9.45. The Bertz CT molecular complexity index is 1230. The number of nitrogens with one attached hydrogen (secondary N) is 1. The van der Waals surface area contributed by atoms with Crippen molar-refractivity contribution in [2.75, 3.05) is 18.5 Å². The van der Waals surface area contributed by atoms with E-state index in [1.54, 1.807) is 18.2 Å². The van der Waals surface area contributed by atoms with Crippen molar-refractivity contribution in [3.05, 3.63) is 83.4 Å². The first-order valence-corrected chi connectivity index (χ1v) is 14.3. The van der Waals surface area contributed by atoms with Crippen molar-refractivity contribution < 1.29 is 14.6 Å². The minimum Gasteiger partial charge on any atom is -0.494 e. The molecule has 0 saturated carbocycles. The summed E-state index contributed by atoms with van der Waals surface area (Å²) < 4.78 is 5.59. The maximum Gasteiger partial charge on any atom is 0.335 e. The first-order valence-electron chi connectivity index (χ1n) is 14.3. The molecular formula is C35H47NO3. The van der Waals surface area contributed by atoms with Crippen LogP contribution in [0.5, 0.6) is 5.75 Å². The van der Waals surface area contributed by atoms with Gasteiger partial charge in [0.25, 0.3) is 0 Å². The van der Waals surface area contributed by atoms with Crippen LogP contribution in [0, 0.1) is 16.7 Å². The minimum atomic E-state index is -0.902. The van der Waals surface area contributed by atoms with Crippen molar-refractivity contribution in [2.45, 2.75) is 74.1 Å². The predicted octanol–water partition coefficient (Wildman–Crippen LogP) is 9.14. The monoisotopic (exact) mass is 529 g/mol. The Morgan fingerprint density at radius 1 is 0.923 bits per heavy atom. The number of aromatic carboxylic acids is 1. The van der Waals surface area contributed by atoms with Crippen molar-refractivity contribution in [2.24, 2.45) is 16.7 Å². The van der Waals surface area contributed by atoms with E-state index in [-0.39, 0.29) is 0 Å². The molecule has 2 N–H and O–H groups in total. The summed E-state index contributed by atoms with van der Waals surface area (Å²) in [5.74, 6) is 0.925. The summed E-state index contributed by atoms with van der Waals surface area (Å²) in [5, 5.41) is 12.5. The molecule has 210 valence electrons. The Kier molecular flexibility index (Phi) is 10.2. The van der Waals surface area contributed by atoms with Gasteiger partial charge in [-0.1, -0.05) is 71.9 Å². The van der Waals surface area contributed by atoms with E-state index in [0.29, 0.717) is 16.4 Å². The Hall–Kier alpha value is -3.27. The summed E-state index contributed by atoms with van der Waals surface area (Å²) in [6.45, 7) is 17.5. The number of hydrogen-bond acceptors (Lipinski definition) is 3. The molecule has 39 heavy (non-hydrogen) atoms. The van der Waals surface area contributed by atoms with E-state index in [1.165, 1.54) is 30.4 Å². The second-order valence-electron chi connectivity index (χ2n) is 12.9. The van der Waals surface area contributed by atoms with Crippen LogP contribution in [0.1, 0.15) is 82.8 Å². The second kappa shape index (κ2) is 13.2. The van der Waals surface area contributed by atoms with Crippen LogP contribution in [0.3, 0.4) is 0 Å². The molecule has 1 aliphatic rings. The SMILES string of the molecule is CC(C)(C)CCNc1cccc(-c2cccc(C(=O)O)c2)c1.CCOc1ccc2c(c1)CC(C(C)(C)C)CC2. The highest BCUT2D eigenvalue weighted by molar-refractivity contribution is 5.89. The summed E-state index contributed by atoms with van der Waals surface area (Å²) in [4.78, 5) is 11.1. The molecular weight excluding hydrogens is 482 g/mol. The molecule has 0 fully saturated rings. The highest BCUT2D eigenvalue weighted by atomic mass is 16.5. The van der Waals surface area contributed by atoms with Crippen LogP contribution in [0.15, 0.2) is 66.7 Å². The highest BCUT2D eigenvalue weighted by Gasteiger charge is 2.28. The number of carboxylic acid groups (broad SMARTS) is 1. The maximum atomic E-state index is 11.1. The average Bonchev–Trinajstić information content (AvgIpc) is 2.88. The maximum absolute atomic E-state index is 11.1. The molecule has 3 aromatic carbocycles. The number of fused-ring (bicyclic) bond motifs is 1. The molecule has 1 atom stereocenters. The molecule has 1 aliphatic carbocycles. The molecule has 3 aromatic rings. The van der Waals surface area contributed by atoms with Crippen LogP contribution in [0.2, 0.25) is 0 Å². The van der Waals surface area contributed by atoms with Gasteiger partial charge in [0.2, 0.25) is 0 Å². The van der Waals surface area contributed by atoms with Gasteiger partial charge in [0.15, 0.2) is 0 Å². The lowest BCUT2D eigenvalue weighted by molar-refractivity contribution is 0.0697. The summed E-state index contributed by atoms with van der Waals surface area (Å²) in [5.41, 5.74) is 7.05. The number of aryl methyl sites for hydroxylation is 1. The van der Waals surface area contributed by atoms with E-state index < -0.39 is 5.97 Å². The summed E-state index contributed by atoms with van der Waals surface area (Å²) >= 11 is 0. The lowest BCUT2D eigenvalue weighted by atomic mass is 9.70. The van der Waals surface area contributed by atoms with E-state index in [9.17, 15) is 4.79 Å². The lowest BCUT2D eigenvalue weighted by Gasteiger charge is -2.35. The molecule has 0 amide bonds. The van der Waals surface area contributed by atoms with Gasteiger partial charge in [0, 0.05) is 12.2 Å². The number of rotatable bonds is 7. The molecule has 4 rings (SSSR count). The fourth-order valence-corrected chi connectivity index (χ4v) is 4.95. The fraction of sp³-hybridized carbons (Fsp3) is 0.457. The smallest absolute Gasteiger partial charge is 0.335 e. The zero-order valence-electron chi connectivity index (χ0n) is 24.9. The Morgan fingerprint density at radius 2 is 1.62 bits per heavy atom. The lowest BCUT2D eigenvalue weighted by Crippen LogP contribution is -2.26. The zero-order valence-corrected chi connectivity index (χ0v) is 24.9. The van der Waals surface area contributed by atoms with E-state index in [0.717, 1.165) is 48.1 Å². The van der Waals surface area contributed by atoms with Crippen LogP contribution in [0.25, 0.3) is 11.1 Å².